The van der Waals surface area contributed by atoms with Crippen LogP contribution in [0.4, 0.5) is 4.39 Å². The van der Waals surface area contributed by atoms with Crippen LogP contribution in [-0.2, 0) is 6.42 Å². The molecule has 130 valence electrons. The normalized spacial score (nSPS) is 11.4. The zero-order chi connectivity index (χ0) is 18.1. The van der Waals surface area contributed by atoms with Gasteiger partial charge in [-0.25, -0.2) is 13.9 Å². The fourth-order valence-corrected chi connectivity index (χ4v) is 2.78. The van der Waals surface area contributed by atoms with Gasteiger partial charge in [0.25, 0.3) is 0 Å². The quantitative estimate of drug-likeness (QED) is 0.551. The first kappa shape index (κ1) is 17.0. The number of halogens is 1. The average Bonchev–Trinajstić information content (AvgIpc) is 2.97. The van der Waals surface area contributed by atoms with Gasteiger partial charge in [0.1, 0.15) is 11.7 Å². The number of pyridine rings is 1. The Morgan fingerprint density at radius 2 is 1.96 bits per heavy atom. The highest BCUT2D eigenvalue weighted by molar-refractivity contribution is 6.06. The number of rotatable bonds is 5. The third-order valence-corrected chi connectivity index (χ3v) is 4.04. The van der Waals surface area contributed by atoms with Gasteiger partial charge in [-0.2, -0.15) is 5.10 Å². The van der Waals surface area contributed by atoms with Crippen molar-refractivity contribution in [2.45, 2.75) is 13.3 Å². The van der Waals surface area contributed by atoms with Crippen molar-refractivity contribution in [3.63, 3.8) is 0 Å². The van der Waals surface area contributed by atoms with Gasteiger partial charge in [0, 0.05) is 18.7 Å². The van der Waals surface area contributed by atoms with E-state index in [1.807, 2.05) is 27.1 Å². The van der Waals surface area contributed by atoms with Crippen LogP contribution in [0.25, 0.3) is 16.8 Å². The van der Waals surface area contributed by atoms with Crippen LogP contribution < -0.4 is 5.73 Å². The van der Waals surface area contributed by atoms with Crippen LogP contribution in [0.2, 0.25) is 0 Å². The summed E-state index contributed by atoms with van der Waals surface area (Å²) in [5.41, 5.74) is 9.34. The fourth-order valence-electron chi connectivity index (χ4n) is 2.78. The van der Waals surface area contributed by atoms with Gasteiger partial charge in [-0.05, 0) is 50.3 Å². The minimum absolute atomic E-state index is 0.0871. The van der Waals surface area contributed by atoms with Crippen molar-refractivity contribution in [2.75, 3.05) is 20.6 Å². The van der Waals surface area contributed by atoms with Crippen molar-refractivity contribution in [3.05, 3.63) is 53.2 Å². The summed E-state index contributed by atoms with van der Waals surface area (Å²) in [5, 5.41) is 12.6. The van der Waals surface area contributed by atoms with Crippen LogP contribution in [-0.4, -0.2) is 46.0 Å². The van der Waals surface area contributed by atoms with Gasteiger partial charge >= 0.3 is 0 Å². The molecule has 0 spiro atoms. The van der Waals surface area contributed by atoms with Gasteiger partial charge < -0.3 is 10.6 Å². The molecule has 0 fully saturated rings. The molecule has 0 unspecified atom stereocenters. The number of aromatic nitrogens is 3. The number of nitrogen functional groups attached to an aromatic ring is 1. The molecule has 7 heteroatoms. The molecule has 3 aromatic rings. The Morgan fingerprint density at radius 3 is 2.56 bits per heavy atom. The molecule has 0 bridgehead atoms. The van der Waals surface area contributed by atoms with E-state index >= 15 is 0 Å². The maximum atomic E-state index is 13.2. The summed E-state index contributed by atoms with van der Waals surface area (Å²) in [5.74, 6) is 0.311. The number of nitrogens with zero attached hydrogens (tertiary/aromatic N) is 4. The molecule has 3 rings (SSSR count). The summed E-state index contributed by atoms with van der Waals surface area (Å²) in [4.78, 5) is 6.66. The predicted molar refractivity (Wildman–Crippen MR) is 96.4 cm³/mol. The number of amidine groups is 1. The lowest BCUT2D eigenvalue weighted by Gasteiger charge is -2.11. The smallest absolute Gasteiger partial charge is 0.167 e. The number of nitrogens with two attached hydrogens (primary N) is 1. The molecule has 0 aliphatic heterocycles. The standard InChI is InChI=1S/C18H21FN6/c1-11-10-14(12-4-6-13(19)7-5-12)16(17(20)21)18-22-15(23-25(11)18)8-9-24(2)3/h4-7,10H,8-9H2,1-3H3,(H3,20,21). The molecular weight excluding hydrogens is 319 g/mol. The summed E-state index contributed by atoms with van der Waals surface area (Å²) >= 11 is 0. The van der Waals surface area contributed by atoms with Crippen LogP contribution >= 0.6 is 0 Å². The molecule has 0 saturated carbocycles. The summed E-state index contributed by atoms with van der Waals surface area (Å²) < 4.78 is 15.0. The Balaban J connectivity index is 2.19. The van der Waals surface area contributed by atoms with Crippen molar-refractivity contribution in [2.24, 2.45) is 5.73 Å². The van der Waals surface area contributed by atoms with Crippen molar-refractivity contribution in [1.29, 1.82) is 5.41 Å². The molecule has 1 aromatic carbocycles. The van der Waals surface area contributed by atoms with Crippen LogP contribution in [0.5, 0.6) is 0 Å². The van der Waals surface area contributed by atoms with Crippen molar-refractivity contribution in [1.82, 2.24) is 19.5 Å². The minimum Gasteiger partial charge on any atom is -0.384 e. The van der Waals surface area contributed by atoms with E-state index in [2.05, 4.69) is 15.0 Å². The van der Waals surface area contributed by atoms with Crippen LogP contribution in [0.3, 0.4) is 0 Å². The predicted octanol–water partition coefficient (Wildman–Crippen LogP) is 2.23. The number of fused-ring (bicyclic) bond motifs is 1. The molecule has 6 nitrogen and oxygen atoms in total. The summed E-state index contributed by atoms with van der Waals surface area (Å²) in [6.45, 7) is 2.75. The number of benzene rings is 1. The highest BCUT2D eigenvalue weighted by Gasteiger charge is 2.18. The van der Waals surface area contributed by atoms with E-state index in [4.69, 9.17) is 11.1 Å². The lowest BCUT2D eigenvalue weighted by atomic mass is 9.99. The van der Waals surface area contributed by atoms with Crippen LogP contribution in [0, 0.1) is 18.2 Å². The van der Waals surface area contributed by atoms with E-state index in [1.54, 1.807) is 16.6 Å². The van der Waals surface area contributed by atoms with E-state index in [0.29, 0.717) is 23.5 Å². The first-order chi connectivity index (χ1) is 11.9. The Hall–Kier alpha value is -2.80. The summed E-state index contributed by atoms with van der Waals surface area (Å²) in [6.07, 6.45) is 0.706. The van der Waals surface area contributed by atoms with E-state index in [9.17, 15) is 4.39 Å². The Morgan fingerprint density at radius 1 is 1.28 bits per heavy atom. The molecule has 0 radical (unpaired) electrons. The number of aryl methyl sites for hydroxylation is 1. The average molecular weight is 340 g/mol. The zero-order valence-corrected chi connectivity index (χ0v) is 14.5. The highest BCUT2D eigenvalue weighted by atomic mass is 19.1. The lowest BCUT2D eigenvalue weighted by Crippen LogP contribution is -2.15. The lowest BCUT2D eigenvalue weighted by molar-refractivity contribution is 0.409. The molecule has 2 heterocycles. The van der Waals surface area contributed by atoms with Gasteiger partial charge in [0.2, 0.25) is 0 Å². The number of hydrogen-bond donors (Lipinski definition) is 2. The van der Waals surface area contributed by atoms with Gasteiger partial charge in [0.15, 0.2) is 11.5 Å². The minimum atomic E-state index is -0.306. The van der Waals surface area contributed by atoms with E-state index in [0.717, 1.165) is 23.4 Å². The molecule has 0 aliphatic rings. The molecule has 0 aliphatic carbocycles. The molecule has 25 heavy (non-hydrogen) atoms. The molecule has 3 N–H and O–H groups in total. The molecule has 0 atom stereocenters. The number of likely N-dealkylation sites (N-methyl/N-ethyl adjacent to an activating group) is 1. The second kappa shape index (κ2) is 6.60. The van der Waals surface area contributed by atoms with Crippen LogP contribution in [0.1, 0.15) is 17.1 Å². The summed E-state index contributed by atoms with van der Waals surface area (Å²) in [7, 11) is 3.99. The SMILES string of the molecule is Cc1cc(-c2ccc(F)cc2)c(C(=N)N)c2nc(CCN(C)C)nn12. The fraction of sp³-hybridized carbons (Fsp3) is 0.278. The number of nitrogens with one attached hydrogen (secondary N) is 1. The first-order valence-electron chi connectivity index (χ1n) is 8.01. The van der Waals surface area contributed by atoms with E-state index in [1.165, 1.54) is 12.1 Å². The maximum Gasteiger partial charge on any atom is 0.167 e. The summed E-state index contributed by atoms with van der Waals surface area (Å²) in [6, 6.07) is 8.05. The van der Waals surface area contributed by atoms with Crippen molar-refractivity contribution < 1.29 is 4.39 Å². The monoisotopic (exact) mass is 340 g/mol. The second-order valence-corrected chi connectivity index (χ2v) is 6.31. The Kier molecular flexibility index (Phi) is 4.50. The molecular formula is C18H21FN6. The van der Waals surface area contributed by atoms with Gasteiger partial charge in [-0.15, -0.1) is 0 Å². The van der Waals surface area contributed by atoms with Gasteiger partial charge in [-0.3, -0.25) is 5.41 Å². The highest BCUT2D eigenvalue weighted by Crippen LogP contribution is 2.28. The third-order valence-electron chi connectivity index (χ3n) is 4.04. The zero-order valence-electron chi connectivity index (χ0n) is 14.5. The van der Waals surface area contributed by atoms with Crippen molar-refractivity contribution >= 4 is 11.5 Å². The Bertz CT molecular complexity index is 927. The topological polar surface area (TPSA) is 83.3 Å². The number of hydrogen-bond acceptors (Lipinski definition) is 4. The Labute approximate surface area is 145 Å². The second-order valence-electron chi connectivity index (χ2n) is 6.31. The van der Waals surface area contributed by atoms with Gasteiger partial charge in [0.05, 0.1) is 5.56 Å². The maximum absolute atomic E-state index is 13.2. The van der Waals surface area contributed by atoms with Crippen LogP contribution in [0.15, 0.2) is 30.3 Å². The first-order valence-corrected chi connectivity index (χ1v) is 8.01. The molecule has 0 saturated heterocycles. The van der Waals surface area contributed by atoms with E-state index < -0.39 is 0 Å². The van der Waals surface area contributed by atoms with Gasteiger partial charge in [-0.1, -0.05) is 12.1 Å². The molecule has 0 amide bonds. The molecule has 2 aromatic heterocycles. The van der Waals surface area contributed by atoms with Crippen molar-refractivity contribution in [3.8, 4) is 11.1 Å². The van der Waals surface area contributed by atoms with E-state index in [-0.39, 0.29) is 11.7 Å². The third kappa shape index (κ3) is 3.36. The largest absolute Gasteiger partial charge is 0.384 e.